The zero-order valence-electron chi connectivity index (χ0n) is 9.52. The molecule has 0 unspecified atom stereocenters. The molecule has 4 nitrogen and oxygen atoms in total. The van der Waals surface area contributed by atoms with E-state index in [0.29, 0.717) is 10.7 Å². The first-order valence-electron chi connectivity index (χ1n) is 5.26. The molecule has 0 aliphatic rings. The van der Waals surface area contributed by atoms with Crippen molar-refractivity contribution < 1.29 is 15.0 Å². The molecular formula is C13H9ClINO3. The van der Waals surface area contributed by atoms with Crippen LogP contribution in [0.25, 0.3) is 0 Å². The maximum absolute atomic E-state index is 12.0. The van der Waals surface area contributed by atoms with E-state index in [-0.39, 0.29) is 17.1 Å². The van der Waals surface area contributed by atoms with E-state index in [1.165, 1.54) is 18.2 Å². The van der Waals surface area contributed by atoms with E-state index in [0.717, 1.165) is 3.57 Å². The standard InChI is InChI=1S/C13H9ClINO3/c14-7-1-3-11(10(15)5-7)16-13(19)9-6-8(17)2-4-12(9)18/h1-6,17-18H,(H,16,19). The van der Waals surface area contributed by atoms with Gasteiger partial charge in [0.05, 0.1) is 11.3 Å². The van der Waals surface area contributed by atoms with E-state index in [4.69, 9.17) is 11.6 Å². The van der Waals surface area contributed by atoms with Crippen molar-refractivity contribution in [1.82, 2.24) is 0 Å². The summed E-state index contributed by atoms with van der Waals surface area (Å²) in [5, 5.41) is 22.2. The Hall–Kier alpha value is -1.47. The van der Waals surface area contributed by atoms with Gasteiger partial charge in [-0.2, -0.15) is 0 Å². The number of carbonyl (C=O) groups excluding carboxylic acids is 1. The van der Waals surface area contributed by atoms with Crippen LogP contribution in [0.3, 0.4) is 0 Å². The second-order valence-corrected chi connectivity index (χ2v) is 5.38. The minimum Gasteiger partial charge on any atom is -0.508 e. The monoisotopic (exact) mass is 389 g/mol. The van der Waals surface area contributed by atoms with Crippen LogP contribution >= 0.6 is 34.2 Å². The lowest BCUT2D eigenvalue weighted by Gasteiger charge is -2.09. The number of phenolic OH excluding ortho intramolecular Hbond substituents is 2. The summed E-state index contributed by atoms with van der Waals surface area (Å²) in [7, 11) is 0. The Kier molecular flexibility index (Phi) is 4.16. The molecule has 0 saturated carbocycles. The largest absolute Gasteiger partial charge is 0.508 e. The van der Waals surface area contributed by atoms with Crippen molar-refractivity contribution in [2.24, 2.45) is 0 Å². The minimum atomic E-state index is -0.506. The van der Waals surface area contributed by atoms with Crippen molar-refractivity contribution >= 4 is 45.8 Å². The van der Waals surface area contributed by atoms with Crippen LogP contribution in [0.1, 0.15) is 10.4 Å². The zero-order chi connectivity index (χ0) is 14.0. The summed E-state index contributed by atoms with van der Waals surface area (Å²) in [5.74, 6) is -0.790. The van der Waals surface area contributed by atoms with Gasteiger partial charge < -0.3 is 15.5 Å². The molecule has 2 aromatic rings. The molecule has 0 aliphatic heterocycles. The lowest BCUT2D eigenvalue weighted by Crippen LogP contribution is -2.12. The normalized spacial score (nSPS) is 10.2. The third-order valence-electron chi connectivity index (χ3n) is 2.40. The van der Waals surface area contributed by atoms with Crippen LogP contribution in [0.4, 0.5) is 5.69 Å². The van der Waals surface area contributed by atoms with Crippen molar-refractivity contribution in [3.63, 3.8) is 0 Å². The summed E-state index contributed by atoms with van der Waals surface area (Å²) >= 11 is 7.87. The first kappa shape index (κ1) is 14.0. The van der Waals surface area contributed by atoms with Crippen molar-refractivity contribution in [1.29, 1.82) is 0 Å². The molecule has 0 saturated heterocycles. The summed E-state index contributed by atoms with van der Waals surface area (Å²) in [5.41, 5.74) is 0.587. The van der Waals surface area contributed by atoms with Crippen LogP contribution in [-0.4, -0.2) is 16.1 Å². The Labute approximate surface area is 128 Å². The molecule has 0 aromatic heterocycles. The van der Waals surface area contributed by atoms with Crippen LogP contribution in [0.5, 0.6) is 11.5 Å². The minimum absolute atomic E-state index is 0.00532. The highest BCUT2D eigenvalue weighted by atomic mass is 127. The van der Waals surface area contributed by atoms with Gasteiger partial charge >= 0.3 is 0 Å². The van der Waals surface area contributed by atoms with Crippen molar-refractivity contribution in [3.05, 3.63) is 50.6 Å². The van der Waals surface area contributed by atoms with E-state index >= 15 is 0 Å². The molecule has 6 heteroatoms. The summed E-state index contributed by atoms with van der Waals surface area (Å²) in [6.45, 7) is 0. The summed E-state index contributed by atoms with van der Waals surface area (Å²) in [4.78, 5) is 12.0. The molecule has 0 spiro atoms. The van der Waals surface area contributed by atoms with E-state index < -0.39 is 5.91 Å². The molecule has 2 rings (SSSR count). The van der Waals surface area contributed by atoms with Crippen LogP contribution in [-0.2, 0) is 0 Å². The smallest absolute Gasteiger partial charge is 0.259 e. The van der Waals surface area contributed by atoms with Gasteiger partial charge in [0.25, 0.3) is 5.91 Å². The second kappa shape index (κ2) is 5.66. The molecule has 1 amide bonds. The molecule has 0 aliphatic carbocycles. The first-order valence-corrected chi connectivity index (χ1v) is 6.71. The summed E-state index contributed by atoms with van der Waals surface area (Å²) < 4.78 is 0.776. The van der Waals surface area contributed by atoms with Gasteiger partial charge in [0, 0.05) is 8.59 Å². The average Bonchev–Trinajstić information content (AvgIpc) is 2.35. The predicted molar refractivity (Wildman–Crippen MR) is 81.9 cm³/mol. The third kappa shape index (κ3) is 3.30. The average molecular weight is 390 g/mol. The third-order valence-corrected chi connectivity index (χ3v) is 3.53. The Bertz CT molecular complexity index is 646. The predicted octanol–water partition coefficient (Wildman–Crippen LogP) is 3.61. The Morgan fingerprint density at radius 3 is 2.58 bits per heavy atom. The fourth-order valence-corrected chi connectivity index (χ4v) is 2.49. The number of hydrogen-bond acceptors (Lipinski definition) is 3. The van der Waals surface area contributed by atoms with Gasteiger partial charge in [0.15, 0.2) is 0 Å². The molecule has 0 fully saturated rings. The molecule has 98 valence electrons. The van der Waals surface area contributed by atoms with Crippen molar-refractivity contribution in [3.8, 4) is 11.5 Å². The van der Waals surface area contributed by atoms with E-state index in [9.17, 15) is 15.0 Å². The number of rotatable bonds is 2. The van der Waals surface area contributed by atoms with Gasteiger partial charge in [-0.3, -0.25) is 4.79 Å². The van der Waals surface area contributed by atoms with Gasteiger partial charge in [0.1, 0.15) is 11.5 Å². The highest BCUT2D eigenvalue weighted by molar-refractivity contribution is 14.1. The number of hydrogen-bond donors (Lipinski definition) is 3. The zero-order valence-corrected chi connectivity index (χ0v) is 12.4. The molecule has 3 N–H and O–H groups in total. The lowest BCUT2D eigenvalue weighted by atomic mass is 10.1. The number of halogens is 2. The van der Waals surface area contributed by atoms with Crippen LogP contribution in [0.15, 0.2) is 36.4 Å². The summed E-state index contributed by atoms with van der Waals surface area (Å²) in [6, 6.07) is 8.80. The Morgan fingerprint density at radius 2 is 1.89 bits per heavy atom. The second-order valence-electron chi connectivity index (χ2n) is 3.78. The van der Waals surface area contributed by atoms with Gasteiger partial charge in [-0.25, -0.2) is 0 Å². The molecule has 0 heterocycles. The Morgan fingerprint density at radius 1 is 1.16 bits per heavy atom. The SMILES string of the molecule is O=C(Nc1ccc(Cl)cc1I)c1cc(O)ccc1O. The van der Waals surface area contributed by atoms with Gasteiger partial charge in [0.2, 0.25) is 0 Å². The highest BCUT2D eigenvalue weighted by Gasteiger charge is 2.13. The molecule has 19 heavy (non-hydrogen) atoms. The van der Waals surface area contributed by atoms with E-state index in [1.807, 2.05) is 22.6 Å². The van der Waals surface area contributed by atoms with Crippen molar-refractivity contribution in [2.45, 2.75) is 0 Å². The summed E-state index contributed by atoms with van der Waals surface area (Å²) in [6.07, 6.45) is 0. The molecule has 0 radical (unpaired) electrons. The highest BCUT2D eigenvalue weighted by Crippen LogP contribution is 2.26. The van der Waals surface area contributed by atoms with Crippen molar-refractivity contribution in [2.75, 3.05) is 5.32 Å². The van der Waals surface area contributed by atoms with Gasteiger partial charge in [-0.15, -0.1) is 0 Å². The van der Waals surface area contributed by atoms with Crippen LogP contribution in [0.2, 0.25) is 5.02 Å². The van der Waals surface area contributed by atoms with Gasteiger partial charge in [-0.05, 0) is 59.0 Å². The lowest BCUT2D eigenvalue weighted by molar-refractivity contribution is 0.102. The van der Waals surface area contributed by atoms with E-state index in [1.54, 1.807) is 18.2 Å². The number of benzene rings is 2. The molecule has 0 bridgehead atoms. The quantitative estimate of drug-likeness (QED) is 0.543. The number of aromatic hydroxyl groups is 2. The molecule has 0 atom stereocenters. The fraction of sp³-hybridized carbons (Fsp3) is 0. The van der Waals surface area contributed by atoms with Gasteiger partial charge in [-0.1, -0.05) is 11.6 Å². The van der Waals surface area contributed by atoms with E-state index in [2.05, 4.69) is 5.32 Å². The molecule has 2 aromatic carbocycles. The number of nitrogens with one attached hydrogen (secondary N) is 1. The number of anilines is 1. The number of amides is 1. The number of phenols is 2. The maximum atomic E-state index is 12.0. The van der Waals surface area contributed by atoms with Crippen LogP contribution < -0.4 is 5.32 Å². The Balaban J connectivity index is 2.28. The maximum Gasteiger partial charge on any atom is 0.259 e. The fourth-order valence-electron chi connectivity index (χ4n) is 1.49. The van der Waals surface area contributed by atoms with Crippen LogP contribution in [0, 0.1) is 3.57 Å². The number of carbonyl (C=O) groups is 1. The molecular weight excluding hydrogens is 381 g/mol. The topological polar surface area (TPSA) is 69.6 Å². The first-order chi connectivity index (χ1) is 8.97.